The maximum absolute atomic E-state index is 12.7. The maximum atomic E-state index is 12.7. The molecule has 5 rings (SSSR count). The normalized spacial score (nSPS) is 34.0. The molecule has 2 aromatic rings. The lowest BCUT2D eigenvalue weighted by Crippen LogP contribution is -2.42. The van der Waals surface area contributed by atoms with E-state index in [2.05, 4.69) is 20.6 Å². The first-order chi connectivity index (χ1) is 11.6. The molecule has 24 heavy (non-hydrogen) atoms. The van der Waals surface area contributed by atoms with Crippen molar-refractivity contribution in [3.63, 3.8) is 0 Å². The number of aromatic amines is 1. The minimum atomic E-state index is -0.325. The zero-order chi connectivity index (χ0) is 16.4. The van der Waals surface area contributed by atoms with Gasteiger partial charge in [-0.2, -0.15) is 0 Å². The van der Waals surface area contributed by atoms with Crippen LogP contribution in [0.2, 0.25) is 0 Å². The molecule has 3 saturated carbocycles. The van der Waals surface area contributed by atoms with Gasteiger partial charge in [-0.3, -0.25) is 9.59 Å². The highest BCUT2D eigenvalue weighted by Gasteiger charge is 2.54. The second-order valence-electron chi connectivity index (χ2n) is 7.73. The molecule has 2 N–H and O–H groups in total. The second-order valence-corrected chi connectivity index (χ2v) is 7.73. The molecule has 7 heteroatoms. The predicted octanol–water partition coefficient (Wildman–Crippen LogP) is 1.28. The number of amides is 1. The fourth-order valence-electron chi connectivity index (χ4n) is 5.67. The summed E-state index contributed by atoms with van der Waals surface area (Å²) in [4.78, 5) is 27.6. The number of fused-ring (bicyclic) bond motifs is 6. The zero-order valence-corrected chi connectivity index (χ0v) is 13.7. The standard InChI is InChI=1S/C17H21N5O2/c1-8-7-22-15(17(24)18-8)14(20-21-22)16(23)19-13-6-9-5-12(13)11-4-2-3-10(9)11/h7,9-13H,2-6H2,1H3,(H,18,24)(H,19,23). The van der Waals surface area contributed by atoms with Crippen molar-refractivity contribution in [2.45, 2.75) is 45.1 Å². The molecule has 0 radical (unpaired) electrons. The van der Waals surface area contributed by atoms with Crippen LogP contribution >= 0.6 is 0 Å². The van der Waals surface area contributed by atoms with Crippen LogP contribution in [0.15, 0.2) is 11.0 Å². The Balaban J connectivity index is 1.41. The van der Waals surface area contributed by atoms with Gasteiger partial charge < -0.3 is 10.3 Å². The molecule has 5 atom stereocenters. The van der Waals surface area contributed by atoms with E-state index < -0.39 is 0 Å². The quantitative estimate of drug-likeness (QED) is 0.869. The Morgan fingerprint density at radius 3 is 3.00 bits per heavy atom. The topological polar surface area (TPSA) is 92.2 Å². The Labute approximate surface area is 138 Å². The van der Waals surface area contributed by atoms with Gasteiger partial charge in [0.2, 0.25) is 0 Å². The fourth-order valence-corrected chi connectivity index (χ4v) is 5.67. The third-order valence-electron chi connectivity index (χ3n) is 6.50. The number of aromatic nitrogens is 4. The van der Waals surface area contributed by atoms with Gasteiger partial charge in [-0.05, 0) is 56.3 Å². The summed E-state index contributed by atoms with van der Waals surface area (Å²) in [5.41, 5.74) is 0.709. The average molecular weight is 327 g/mol. The molecule has 3 fully saturated rings. The minimum absolute atomic E-state index is 0.127. The maximum Gasteiger partial charge on any atom is 0.276 e. The van der Waals surface area contributed by atoms with E-state index in [-0.39, 0.29) is 28.7 Å². The van der Waals surface area contributed by atoms with Gasteiger partial charge in [0.25, 0.3) is 11.5 Å². The van der Waals surface area contributed by atoms with Gasteiger partial charge in [-0.15, -0.1) is 5.10 Å². The number of rotatable bonds is 2. The van der Waals surface area contributed by atoms with Gasteiger partial charge in [0.05, 0.1) is 6.20 Å². The first-order valence-electron chi connectivity index (χ1n) is 8.87. The highest BCUT2D eigenvalue weighted by Crippen LogP contribution is 2.58. The SMILES string of the molecule is Cc1cn2nnc(C(=O)NC3CC4CC3C3CCCC43)c2c(=O)[nH]1. The van der Waals surface area contributed by atoms with E-state index >= 15 is 0 Å². The van der Waals surface area contributed by atoms with E-state index in [0.717, 1.165) is 24.2 Å². The lowest BCUT2D eigenvalue weighted by atomic mass is 9.79. The molecular formula is C17H21N5O2. The van der Waals surface area contributed by atoms with Crippen LogP contribution in [0.3, 0.4) is 0 Å². The van der Waals surface area contributed by atoms with Gasteiger partial charge in [0.15, 0.2) is 11.2 Å². The highest BCUT2D eigenvalue weighted by molar-refractivity contribution is 5.98. The zero-order valence-electron chi connectivity index (χ0n) is 13.7. The number of nitrogens with zero attached hydrogens (tertiary/aromatic N) is 3. The van der Waals surface area contributed by atoms with E-state index in [0.29, 0.717) is 11.6 Å². The predicted molar refractivity (Wildman–Crippen MR) is 86.6 cm³/mol. The molecular weight excluding hydrogens is 306 g/mol. The van der Waals surface area contributed by atoms with Crippen molar-refractivity contribution in [3.8, 4) is 0 Å². The molecule has 7 nitrogen and oxygen atoms in total. The van der Waals surface area contributed by atoms with Crippen LogP contribution in [0.4, 0.5) is 0 Å². The molecule has 3 aliphatic rings. The Bertz CT molecular complexity index is 885. The number of hydrogen-bond acceptors (Lipinski definition) is 4. The van der Waals surface area contributed by atoms with E-state index in [4.69, 9.17) is 0 Å². The van der Waals surface area contributed by atoms with Crippen LogP contribution in [-0.4, -0.2) is 31.8 Å². The third-order valence-corrected chi connectivity index (χ3v) is 6.50. The van der Waals surface area contributed by atoms with Gasteiger partial charge in [-0.25, -0.2) is 4.52 Å². The fraction of sp³-hybridized carbons (Fsp3) is 0.647. The summed E-state index contributed by atoms with van der Waals surface area (Å²) in [7, 11) is 0. The highest BCUT2D eigenvalue weighted by atomic mass is 16.2. The molecule has 3 aliphatic carbocycles. The van der Waals surface area contributed by atoms with Gasteiger partial charge in [0, 0.05) is 11.7 Å². The number of nitrogens with one attached hydrogen (secondary N) is 2. The first-order valence-corrected chi connectivity index (χ1v) is 8.87. The van der Waals surface area contributed by atoms with Crippen molar-refractivity contribution in [2.75, 3.05) is 0 Å². The summed E-state index contributed by atoms with van der Waals surface area (Å²) in [6, 6.07) is 0.225. The number of carbonyl (C=O) groups excluding carboxylic acids is 1. The number of aryl methyl sites for hydroxylation is 1. The smallest absolute Gasteiger partial charge is 0.276 e. The van der Waals surface area contributed by atoms with E-state index in [1.807, 2.05) is 0 Å². The van der Waals surface area contributed by atoms with Crippen LogP contribution in [0.25, 0.3) is 5.52 Å². The number of hydrogen-bond donors (Lipinski definition) is 2. The molecule has 0 aromatic carbocycles. The summed E-state index contributed by atoms with van der Waals surface area (Å²) >= 11 is 0. The Hall–Kier alpha value is -2.18. The van der Waals surface area contributed by atoms with Crippen molar-refractivity contribution < 1.29 is 4.79 Å². The molecule has 2 heterocycles. The average Bonchev–Trinajstić information content (AvgIpc) is 3.27. The van der Waals surface area contributed by atoms with E-state index in [1.165, 1.54) is 30.2 Å². The van der Waals surface area contributed by atoms with Crippen LogP contribution in [0.1, 0.15) is 48.3 Å². The van der Waals surface area contributed by atoms with Crippen molar-refractivity contribution in [2.24, 2.45) is 23.7 Å². The van der Waals surface area contributed by atoms with Crippen LogP contribution in [-0.2, 0) is 0 Å². The molecule has 126 valence electrons. The molecule has 2 bridgehead atoms. The van der Waals surface area contributed by atoms with Crippen molar-refractivity contribution in [3.05, 3.63) is 27.9 Å². The second kappa shape index (κ2) is 4.91. The van der Waals surface area contributed by atoms with Crippen LogP contribution < -0.4 is 10.9 Å². The lowest BCUT2D eigenvalue weighted by molar-refractivity contribution is 0.0897. The van der Waals surface area contributed by atoms with Crippen molar-refractivity contribution in [1.29, 1.82) is 0 Å². The first kappa shape index (κ1) is 14.2. The summed E-state index contributed by atoms with van der Waals surface area (Å²) in [5, 5.41) is 11.0. The molecule has 2 aromatic heterocycles. The molecule has 5 unspecified atom stereocenters. The number of carbonyl (C=O) groups is 1. The van der Waals surface area contributed by atoms with Crippen molar-refractivity contribution in [1.82, 2.24) is 25.1 Å². The molecule has 0 spiro atoms. The van der Waals surface area contributed by atoms with Crippen LogP contribution in [0, 0.1) is 30.6 Å². The van der Waals surface area contributed by atoms with Gasteiger partial charge >= 0.3 is 0 Å². The van der Waals surface area contributed by atoms with Crippen LogP contribution in [0.5, 0.6) is 0 Å². The number of H-pyrrole nitrogens is 1. The summed E-state index contributed by atoms with van der Waals surface area (Å²) < 4.78 is 1.39. The Morgan fingerprint density at radius 2 is 2.12 bits per heavy atom. The lowest BCUT2D eigenvalue weighted by Gasteiger charge is -2.31. The van der Waals surface area contributed by atoms with E-state index in [1.54, 1.807) is 13.1 Å². The third kappa shape index (κ3) is 1.90. The van der Waals surface area contributed by atoms with E-state index in [9.17, 15) is 9.59 Å². The van der Waals surface area contributed by atoms with Gasteiger partial charge in [-0.1, -0.05) is 11.6 Å². The minimum Gasteiger partial charge on any atom is -0.348 e. The summed E-state index contributed by atoms with van der Waals surface area (Å²) in [6.45, 7) is 1.77. The Morgan fingerprint density at radius 1 is 1.29 bits per heavy atom. The monoisotopic (exact) mass is 327 g/mol. The Kier molecular flexibility index (Phi) is 2.90. The molecule has 0 saturated heterocycles. The molecule has 1 amide bonds. The largest absolute Gasteiger partial charge is 0.348 e. The summed E-state index contributed by atoms with van der Waals surface area (Å²) in [5.74, 6) is 2.79. The van der Waals surface area contributed by atoms with Crippen molar-refractivity contribution >= 4 is 11.4 Å². The summed E-state index contributed by atoms with van der Waals surface area (Å²) in [6.07, 6.45) is 8.02. The van der Waals surface area contributed by atoms with Gasteiger partial charge in [0.1, 0.15) is 0 Å². The molecule has 0 aliphatic heterocycles.